The van der Waals surface area contributed by atoms with Crippen molar-refractivity contribution in [3.05, 3.63) is 41.7 Å². The molecule has 17 heavy (non-hydrogen) atoms. The molecule has 0 saturated heterocycles. The normalized spacial score (nSPS) is 11.8. The largest absolute Gasteiger partial charge is 0.451 e. The summed E-state index contributed by atoms with van der Waals surface area (Å²) in [5, 5.41) is 3.61. The standard InChI is InChI=1S/C10H7F4N3/c1-6-15-9(10(12,13)14)17(16-6)8-4-2-3-7(11)5-8/h2-5H,1H3. The molecule has 0 unspecified atom stereocenters. The zero-order valence-electron chi connectivity index (χ0n) is 8.66. The maximum atomic E-state index is 12.9. The van der Waals surface area contributed by atoms with Gasteiger partial charge < -0.3 is 0 Å². The molecule has 0 bridgehead atoms. The number of nitrogens with zero attached hydrogens (tertiary/aromatic N) is 3. The molecule has 0 atom stereocenters. The van der Waals surface area contributed by atoms with Crippen LogP contribution in [0.25, 0.3) is 5.69 Å². The number of rotatable bonds is 1. The third-order valence-corrected chi connectivity index (χ3v) is 2.02. The fraction of sp³-hybridized carbons (Fsp3) is 0.200. The number of aryl methyl sites for hydroxylation is 1. The summed E-state index contributed by atoms with van der Waals surface area (Å²) in [5.74, 6) is -1.83. The Balaban J connectivity index is 2.60. The van der Waals surface area contributed by atoms with E-state index < -0.39 is 17.8 Å². The Labute approximate surface area is 93.7 Å². The molecule has 1 aromatic carbocycles. The average molecular weight is 245 g/mol. The van der Waals surface area contributed by atoms with Gasteiger partial charge >= 0.3 is 6.18 Å². The highest BCUT2D eigenvalue weighted by Crippen LogP contribution is 2.29. The van der Waals surface area contributed by atoms with E-state index in [9.17, 15) is 17.6 Å². The lowest BCUT2D eigenvalue weighted by molar-refractivity contribution is -0.146. The first-order valence-electron chi connectivity index (χ1n) is 4.65. The summed E-state index contributed by atoms with van der Waals surface area (Å²) in [7, 11) is 0. The van der Waals surface area contributed by atoms with Crippen LogP contribution in [0.4, 0.5) is 17.6 Å². The molecule has 1 heterocycles. The molecule has 0 aliphatic heterocycles. The number of hydrogen-bond donors (Lipinski definition) is 0. The first kappa shape index (κ1) is 11.6. The molecule has 0 fully saturated rings. The summed E-state index contributed by atoms with van der Waals surface area (Å²) in [6.45, 7) is 1.34. The molecule has 7 heteroatoms. The van der Waals surface area contributed by atoms with Gasteiger partial charge in [0.15, 0.2) is 0 Å². The number of halogens is 4. The van der Waals surface area contributed by atoms with Crippen molar-refractivity contribution < 1.29 is 17.6 Å². The number of alkyl halides is 3. The van der Waals surface area contributed by atoms with Gasteiger partial charge in [0.2, 0.25) is 5.82 Å². The molecule has 90 valence electrons. The molecular formula is C10H7F4N3. The van der Waals surface area contributed by atoms with Crippen LogP contribution in [0.3, 0.4) is 0 Å². The van der Waals surface area contributed by atoms with Gasteiger partial charge in [-0.3, -0.25) is 0 Å². The van der Waals surface area contributed by atoms with Crippen molar-refractivity contribution >= 4 is 0 Å². The second-order valence-corrected chi connectivity index (χ2v) is 3.37. The summed E-state index contributed by atoms with van der Waals surface area (Å²) in [4.78, 5) is 3.29. The van der Waals surface area contributed by atoms with E-state index in [0.717, 1.165) is 12.1 Å². The quantitative estimate of drug-likeness (QED) is 0.723. The molecule has 0 saturated carbocycles. The topological polar surface area (TPSA) is 30.7 Å². The Bertz CT molecular complexity index is 545. The van der Waals surface area contributed by atoms with Gasteiger partial charge in [-0.15, -0.1) is 0 Å². The van der Waals surface area contributed by atoms with Crippen LogP contribution in [0.5, 0.6) is 0 Å². The minimum absolute atomic E-state index is 0.0158. The molecule has 0 aliphatic carbocycles. The third-order valence-electron chi connectivity index (χ3n) is 2.02. The summed E-state index contributed by atoms with van der Waals surface area (Å²) in [5.41, 5.74) is -0.0158. The Morgan fingerprint density at radius 2 is 1.94 bits per heavy atom. The average Bonchev–Trinajstić information content (AvgIpc) is 2.60. The molecule has 1 aromatic heterocycles. The summed E-state index contributed by atoms with van der Waals surface area (Å²) in [6.07, 6.45) is -4.63. The minimum Gasteiger partial charge on any atom is -0.209 e. The fourth-order valence-electron chi connectivity index (χ4n) is 1.39. The first-order valence-corrected chi connectivity index (χ1v) is 4.65. The van der Waals surface area contributed by atoms with E-state index in [1.807, 2.05) is 0 Å². The van der Waals surface area contributed by atoms with Gasteiger partial charge in [0.25, 0.3) is 0 Å². The molecule has 2 aromatic rings. The summed E-state index contributed by atoms with van der Waals surface area (Å²) >= 11 is 0. The second-order valence-electron chi connectivity index (χ2n) is 3.37. The van der Waals surface area contributed by atoms with Gasteiger partial charge in [0.05, 0.1) is 5.69 Å². The van der Waals surface area contributed by atoms with Crippen molar-refractivity contribution in [2.75, 3.05) is 0 Å². The van der Waals surface area contributed by atoms with Crippen LogP contribution in [0.1, 0.15) is 11.6 Å². The predicted molar refractivity (Wildman–Crippen MR) is 51.1 cm³/mol. The Kier molecular flexibility index (Phi) is 2.60. The number of hydrogen-bond acceptors (Lipinski definition) is 2. The zero-order chi connectivity index (χ0) is 12.6. The molecule has 0 amide bonds. The van der Waals surface area contributed by atoms with Gasteiger partial charge in [0.1, 0.15) is 11.6 Å². The van der Waals surface area contributed by atoms with Crippen molar-refractivity contribution in [1.82, 2.24) is 14.8 Å². The van der Waals surface area contributed by atoms with Crippen molar-refractivity contribution in [3.8, 4) is 5.69 Å². The highest BCUT2D eigenvalue weighted by atomic mass is 19.4. The van der Waals surface area contributed by atoms with Crippen LogP contribution in [-0.4, -0.2) is 14.8 Å². The lowest BCUT2D eigenvalue weighted by Gasteiger charge is -2.08. The predicted octanol–water partition coefficient (Wildman–Crippen LogP) is 2.73. The Hall–Kier alpha value is -1.92. The second kappa shape index (κ2) is 3.83. The Morgan fingerprint density at radius 1 is 1.24 bits per heavy atom. The van der Waals surface area contributed by atoms with E-state index in [0.29, 0.717) is 4.68 Å². The summed E-state index contributed by atoms with van der Waals surface area (Å²) in [6, 6.07) is 4.73. The smallest absolute Gasteiger partial charge is 0.209 e. The van der Waals surface area contributed by atoms with Crippen LogP contribution in [-0.2, 0) is 6.18 Å². The highest BCUT2D eigenvalue weighted by molar-refractivity contribution is 5.32. The van der Waals surface area contributed by atoms with E-state index in [2.05, 4.69) is 10.1 Å². The number of aromatic nitrogens is 3. The summed E-state index contributed by atoms with van der Waals surface area (Å²) < 4.78 is 51.4. The number of benzene rings is 1. The zero-order valence-corrected chi connectivity index (χ0v) is 8.66. The van der Waals surface area contributed by atoms with E-state index in [1.165, 1.54) is 19.1 Å². The third kappa shape index (κ3) is 2.27. The van der Waals surface area contributed by atoms with Gasteiger partial charge in [-0.1, -0.05) is 6.07 Å². The van der Waals surface area contributed by atoms with Crippen LogP contribution in [0.2, 0.25) is 0 Å². The maximum absolute atomic E-state index is 12.9. The van der Waals surface area contributed by atoms with Gasteiger partial charge in [0, 0.05) is 0 Å². The van der Waals surface area contributed by atoms with E-state index in [4.69, 9.17) is 0 Å². The molecular weight excluding hydrogens is 238 g/mol. The van der Waals surface area contributed by atoms with Crippen LogP contribution in [0.15, 0.2) is 24.3 Å². The van der Waals surface area contributed by atoms with E-state index in [1.54, 1.807) is 0 Å². The van der Waals surface area contributed by atoms with Crippen LogP contribution in [0, 0.1) is 12.7 Å². The minimum atomic E-state index is -4.63. The molecule has 0 radical (unpaired) electrons. The van der Waals surface area contributed by atoms with Crippen LogP contribution < -0.4 is 0 Å². The van der Waals surface area contributed by atoms with Crippen LogP contribution >= 0.6 is 0 Å². The van der Waals surface area contributed by atoms with Gasteiger partial charge in [-0.25, -0.2) is 14.1 Å². The fourth-order valence-corrected chi connectivity index (χ4v) is 1.39. The lowest BCUT2D eigenvalue weighted by atomic mass is 10.3. The molecule has 0 N–H and O–H groups in total. The molecule has 2 rings (SSSR count). The van der Waals surface area contributed by atoms with Crippen molar-refractivity contribution in [3.63, 3.8) is 0 Å². The van der Waals surface area contributed by atoms with E-state index in [-0.39, 0.29) is 11.5 Å². The first-order chi connectivity index (χ1) is 7.88. The SMILES string of the molecule is Cc1nc(C(F)(F)F)n(-c2cccc(F)c2)n1. The Morgan fingerprint density at radius 3 is 2.53 bits per heavy atom. The maximum Gasteiger partial charge on any atom is 0.451 e. The van der Waals surface area contributed by atoms with Crippen molar-refractivity contribution in [2.45, 2.75) is 13.1 Å². The van der Waals surface area contributed by atoms with Crippen molar-refractivity contribution in [1.29, 1.82) is 0 Å². The molecule has 0 spiro atoms. The van der Waals surface area contributed by atoms with Gasteiger partial charge in [-0.05, 0) is 25.1 Å². The highest BCUT2D eigenvalue weighted by Gasteiger charge is 2.38. The molecule has 3 nitrogen and oxygen atoms in total. The van der Waals surface area contributed by atoms with Crippen molar-refractivity contribution in [2.24, 2.45) is 0 Å². The monoisotopic (exact) mass is 245 g/mol. The van der Waals surface area contributed by atoms with E-state index >= 15 is 0 Å². The van der Waals surface area contributed by atoms with Gasteiger partial charge in [-0.2, -0.15) is 18.3 Å². The molecule has 0 aliphatic rings. The lowest BCUT2D eigenvalue weighted by Crippen LogP contribution is -2.14.